The van der Waals surface area contributed by atoms with Gasteiger partial charge in [0.2, 0.25) is 0 Å². The van der Waals surface area contributed by atoms with E-state index < -0.39 is 5.82 Å². The van der Waals surface area contributed by atoms with Gasteiger partial charge in [-0.25, -0.2) is 4.39 Å². The fraction of sp³-hybridized carbons (Fsp3) is 0.125. The van der Waals surface area contributed by atoms with Crippen molar-refractivity contribution in [2.45, 2.75) is 6.92 Å². The van der Waals surface area contributed by atoms with Crippen LogP contribution < -0.4 is 5.73 Å². The molecule has 0 atom stereocenters. The Morgan fingerprint density at radius 1 is 1.14 bits per heavy atom. The second-order valence-electron chi connectivity index (χ2n) is 4.90. The highest BCUT2D eigenvalue weighted by molar-refractivity contribution is 5.89. The van der Waals surface area contributed by atoms with Gasteiger partial charge in [-0.2, -0.15) is 5.10 Å². The summed E-state index contributed by atoms with van der Waals surface area (Å²) in [6.45, 7) is 1.99. The summed E-state index contributed by atoms with van der Waals surface area (Å²) in [5.74, 6) is 0.0981. The van der Waals surface area contributed by atoms with E-state index in [-0.39, 0.29) is 0 Å². The lowest BCUT2D eigenvalue weighted by atomic mass is 9.97. The number of halogens is 1. The third-order valence-corrected chi connectivity index (χ3v) is 3.53. The molecule has 3 rings (SSSR count). The average Bonchev–Trinajstić information content (AvgIpc) is 2.76. The van der Waals surface area contributed by atoms with Crippen LogP contribution in [-0.2, 0) is 7.05 Å². The molecule has 0 aliphatic carbocycles. The van der Waals surface area contributed by atoms with E-state index in [9.17, 15) is 4.39 Å². The second-order valence-corrected chi connectivity index (χ2v) is 4.90. The molecule has 5 heteroatoms. The number of hydrogen-bond acceptors (Lipinski definition) is 3. The molecule has 0 aliphatic rings. The van der Waals surface area contributed by atoms with Crippen LogP contribution in [0, 0.1) is 12.7 Å². The highest BCUT2D eigenvalue weighted by Gasteiger charge is 2.20. The van der Waals surface area contributed by atoms with Gasteiger partial charge in [-0.15, -0.1) is 0 Å². The fourth-order valence-corrected chi connectivity index (χ4v) is 2.41. The highest BCUT2D eigenvalue weighted by atomic mass is 19.1. The molecule has 0 amide bonds. The summed E-state index contributed by atoms with van der Waals surface area (Å²) in [6, 6.07) is 9.46. The number of pyridine rings is 1. The molecule has 106 valence electrons. The molecule has 21 heavy (non-hydrogen) atoms. The van der Waals surface area contributed by atoms with E-state index in [0.717, 1.165) is 16.7 Å². The molecule has 2 heterocycles. The Labute approximate surface area is 122 Å². The largest absolute Gasteiger partial charge is 0.383 e. The lowest BCUT2D eigenvalue weighted by Crippen LogP contribution is -1.98. The SMILES string of the molecule is Cc1ccccc1-c1c(-c2ccncc2F)nn(C)c1N. The molecule has 0 saturated carbocycles. The monoisotopic (exact) mass is 282 g/mol. The Balaban J connectivity index is 2.32. The van der Waals surface area contributed by atoms with E-state index in [1.54, 1.807) is 24.0 Å². The van der Waals surface area contributed by atoms with E-state index in [1.165, 1.54) is 6.20 Å². The van der Waals surface area contributed by atoms with Gasteiger partial charge in [-0.3, -0.25) is 9.67 Å². The number of benzene rings is 1. The normalized spacial score (nSPS) is 10.8. The number of nitrogen functional groups attached to an aromatic ring is 1. The maximum Gasteiger partial charge on any atom is 0.150 e. The van der Waals surface area contributed by atoms with Crippen molar-refractivity contribution in [1.29, 1.82) is 0 Å². The Kier molecular flexibility index (Phi) is 3.17. The van der Waals surface area contributed by atoms with Crippen LogP contribution in [0.25, 0.3) is 22.4 Å². The lowest BCUT2D eigenvalue weighted by Gasteiger charge is -2.08. The standard InChI is InChI=1S/C16H15FN4/c1-10-5-3-4-6-11(10)14-15(20-21(2)16(14)18)12-7-8-19-9-13(12)17/h3-9H,18H2,1-2H3. The summed E-state index contributed by atoms with van der Waals surface area (Å²) in [5, 5.41) is 4.38. The first-order valence-electron chi connectivity index (χ1n) is 6.58. The van der Waals surface area contributed by atoms with Gasteiger partial charge < -0.3 is 5.73 Å². The van der Waals surface area contributed by atoms with E-state index in [1.807, 2.05) is 31.2 Å². The second kappa shape index (κ2) is 5.01. The molecule has 1 aromatic carbocycles. The van der Waals surface area contributed by atoms with Crippen LogP contribution >= 0.6 is 0 Å². The van der Waals surface area contributed by atoms with Crippen molar-refractivity contribution in [2.24, 2.45) is 7.05 Å². The third-order valence-electron chi connectivity index (χ3n) is 3.53. The van der Waals surface area contributed by atoms with Crippen molar-refractivity contribution >= 4 is 5.82 Å². The summed E-state index contributed by atoms with van der Waals surface area (Å²) in [6.07, 6.45) is 2.73. The molecule has 2 aromatic heterocycles. The Bertz CT molecular complexity index is 808. The molecular formula is C16H15FN4. The molecule has 0 unspecified atom stereocenters. The van der Waals surface area contributed by atoms with Crippen molar-refractivity contribution in [3.05, 3.63) is 54.1 Å². The van der Waals surface area contributed by atoms with Crippen molar-refractivity contribution in [2.75, 3.05) is 5.73 Å². The first kappa shape index (κ1) is 13.3. The van der Waals surface area contributed by atoms with Crippen LogP contribution in [0.5, 0.6) is 0 Å². The number of hydrogen-bond donors (Lipinski definition) is 1. The Morgan fingerprint density at radius 2 is 1.90 bits per heavy atom. The zero-order valence-corrected chi connectivity index (χ0v) is 11.8. The van der Waals surface area contributed by atoms with Gasteiger partial charge in [0.1, 0.15) is 11.5 Å². The fourth-order valence-electron chi connectivity index (χ4n) is 2.41. The molecule has 0 saturated heterocycles. The summed E-state index contributed by atoms with van der Waals surface area (Å²) in [4.78, 5) is 3.78. The zero-order chi connectivity index (χ0) is 15.0. The van der Waals surface area contributed by atoms with Crippen molar-refractivity contribution in [3.63, 3.8) is 0 Å². The van der Waals surface area contributed by atoms with Crippen molar-refractivity contribution in [3.8, 4) is 22.4 Å². The van der Waals surface area contributed by atoms with Gasteiger partial charge in [-0.05, 0) is 24.1 Å². The molecule has 4 nitrogen and oxygen atoms in total. The van der Waals surface area contributed by atoms with Crippen LogP contribution in [0.1, 0.15) is 5.56 Å². The van der Waals surface area contributed by atoms with Gasteiger partial charge in [0, 0.05) is 18.8 Å². The lowest BCUT2D eigenvalue weighted by molar-refractivity contribution is 0.623. The first-order chi connectivity index (χ1) is 10.1. The number of anilines is 1. The van der Waals surface area contributed by atoms with Gasteiger partial charge in [0.15, 0.2) is 5.82 Å². The molecule has 0 radical (unpaired) electrons. The molecule has 3 aromatic rings. The van der Waals surface area contributed by atoms with Gasteiger partial charge in [0.25, 0.3) is 0 Å². The van der Waals surface area contributed by atoms with E-state index in [2.05, 4.69) is 10.1 Å². The molecule has 0 fully saturated rings. The first-order valence-corrected chi connectivity index (χ1v) is 6.58. The number of aryl methyl sites for hydroxylation is 2. The van der Waals surface area contributed by atoms with Gasteiger partial charge in [0.05, 0.1) is 11.8 Å². The predicted octanol–water partition coefficient (Wildman–Crippen LogP) is 3.18. The Hall–Kier alpha value is -2.69. The minimum atomic E-state index is -0.412. The molecule has 0 spiro atoms. The smallest absolute Gasteiger partial charge is 0.150 e. The van der Waals surface area contributed by atoms with Gasteiger partial charge in [-0.1, -0.05) is 24.3 Å². The predicted molar refractivity (Wildman–Crippen MR) is 81.0 cm³/mol. The van der Waals surface area contributed by atoms with E-state index in [0.29, 0.717) is 17.1 Å². The van der Waals surface area contributed by atoms with Crippen molar-refractivity contribution < 1.29 is 4.39 Å². The zero-order valence-electron chi connectivity index (χ0n) is 11.8. The minimum absolute atomic E-state index is 0.399. The van der Waals surface area contributed by atoms with E-state index >= 15 is 0 Å². The highest BCUT2D eigenvalue weighted by Crippen LogP contribution is 2.37. The van der Waals surface area contributed by atoms with Crippen LogP contribution in [0.3, 0.4) is 0 Å². The van der Waals surface area contributed by atoms with E-state index in [4.69, 9.17) is 5.73 Å². The molecule has 0 bridgehead atoms. The summed E-state index contributed by atoms with van der Waals surface area (Å²) >= 11 is 0. The quantitative estimate of drug-likeness (QED) is 0.785. The van der Waals surface area contributed by atoms with Gasteiger partial charge >= 0.3 is 0 Å². The molecular weight excluding hydrogens is 267 g/mol. The maximum absolute atomic E-state index is 14.1. The van der Waals surface area contributed by atoms with Crippen LogP contribution in [-0.4, -0.2) is 14.8 Å². The van der Waals surface area contributed by atoms with Crippen molar-refractivity contribution in [1.82, 2.24) is 14.8 Å². The Morgan fingerprint density at radius 3 is 2.62 bits per heavy atom. The summed E-state index contributed by atoms with van der Waals surface area (Å²) in [5.41, 5.74) is 9.85. The number of rotatable bonds is 2. The minimum Gasteiger partial charge on any atom is -0.383 e. The summed E-state index contributed by atoms with van der Waals surface area (Å²) < 4.78 is 15.6. The van der Waals surface area contributed by atoms with Crippen LogP contribution in [0.2, 0.25) is 0 Å². The molecule has 2 N–H and O–H groups in total. The topological polar surface area (TPSA) is 56.7 Å². The number of aromatic nitrogens is 3. The maximum atomic E-state index is 14.1. The third kappa shape index (κ3) is 2.16. The summed E-state index contributed by atoms with van der Waals surface area (Å²) in [7, 11) is 1.75. The molecule has 0 aliphatic heterocycles. The average molecular weight is 282 g/mol. The number of nitrogens with zero attached hydrogens (tertiary/aromatic N) is 3. The van der Waals surface area contributed by atoms with Crippen LogP contribution in [0.15, 0.2) is 42.7 Å². The van der Waals surface area contributed by atoms with Crippen LogP contribution in [0.4, 0.5) is 10.2 Å². The number of nitrogens with two attached hydrogens (primary N) is 1.